The summed E-state index contributed by atoms with van der Waals surface area (Å²) in [5.74, 6) is -1.43. The van der Waals surface area contributed by atoms with Crippen molar-refractivity contribution in [2.24, 2.45) is 0 Å². The Morgan fingerprint density at radius 2 is 2.17 bits per heavy atom. The van der Waals surface area contributed by atoms with Gasteiger partial charge in [0.05, 0.1) is 23.5 Å². The summed E-state index contributed by atoms with van der Waals surface area (Å²) in [5.41, 5.74) is -0.208. The van der Waals surface area contributed by atoms with Crippen LogP contribution in [0.15, 0.2) is 24.8 Å². The number of carboxylic acid groups (broad SMARTS) is 1. The maximum absolute atomic E-state index is 12.0. The minimum Gasteiger partial charge on any atom is -0.480 e. The number of nitrogens with zero attached hydrogens (tertiary/aromatic N) is 3. The third kappa shape index (κ3) is 1.52. The Hall–Kier alpha value is -2.44. The molecule has 3 rings (SSSR count). The molecule has 18 heavy (non-hydrogen) atoms. The van der Waals surface area contributed by atoms with Gasteiger partial charge in [0, 0.05) is 12.4 Å². The van der Waals surface area contributed by atoms with Gasteiger partial charge in [-0.15, -0.1) is 0 Å². The second-order valence-electron chi connectivity index (χ2n) is 4.31. The zero-order valence-corrected chi connectivity index (χ0v) is 9.33. The van der Waals surface area contributed by atoms with E-state index in [0.29, 0.717) is 23.9 Å². The highest BCUT2D eigenvalue weighted by Gasteiger charge is 2.51. The molecule has 2 aromatic rings. The fourth-order valence-corrected chi connectivity index (χ4v) is 1.81. The first-order valence-electron chi connectivity index (χ1n) is 5.46. The van der Waals surface area contributed by atoms with E-state index < -0.39 is 17.4 Å². The number of nitrogens with one attached hydrogen (secondary N) is 1. The van der Waals surface area contributed by atoms with Gasteiger partial charge in [0.2, 0.25) is 0 Å². The molecule has 1 aliphatic carbocycles. The van der Waals surface area contributed by atoms with Gasteiger partial charge in [0.1, 0.15) is 5.54 Å². The van der Waals surface area contributed by atoms with Crippen molar-refractivity contribution in [1.29, 1.82) is 0 Å². The number of hydrogen-bond donors (Lipinski definition) is 2. The number of amides is 1. The topological polar surface area (TPSA) is 96.6 Å². The predicted octanol–water partition coefficient (Wildman–Crippen LogP) is 0.0763. The smallest absolute Gasteiger partial charge is 0.329 e. The summed E-state index contributed by atoms with van der Waals surface area (Å²) in [6.07, 6.45) is 7.03. The summed E-state index contributed by atoms with van der Waals surface area (Å²) in [5, 5.41) is 15.6. The number of aliphatic carboxylic acids is 1. The van der Waals surface area contributed by atoms with Crippen molar-refractivity contribution in [1.82, 2.24) is 19.9 Å². The van der Waals surface area contributed by atoms with Gasteiger partial charge in [-0.1, -0.05) is 0 Å². The third-order valence-electron chi connectivity index (χ3n) is 3.08. The fraction of sp³-hybridized carbons (Fsp3) is 0.273. The van der Waals surface area contributed by atoms with Gasteiger partial charge in [-0.2, -0.15) is 5.10 Å². The average molecular weight is 246 g/mol. The molecule has 92 valence electrons. The zero-order valence-electron chi connectivity index (χ0n) is 9.33. The summed E-state index contributed by atoms with van der Waals surface area (Å²) in [4.78, 5) is 26.9. The number of carbonyl (C=O) groups excluding carboxylic acids is 1. The molecule has 7 heteroatoms. The molecule has 0 unspecified atom stereocenters. The van der Waals surface area contributed by atoms with E-state index in [1.54, 1.807) is 12.4 Å². The lowest BCUT2D eigenvalue weighted by atomic mass is 10.2. The molecule has 1 amide bonds. The number of fused-ring (bicyclic) bond motifs is 1. The lowest BCUT2D eigenvalue weighted by Gasteiger charge is -2.11. The molecule has 2 aromatic heterocycles. The Morgan fingerprint density at radius 3 is 2.83 bits per heavy atom. The lowest BCUT2D eigenvalue weighted by molar-refractivity contribution is -0.140. The van der Waals surface area contributed by atoms with Crippen LogP contribution in [0.4, 0.5) is 0 Å². The molecule has 1 aliphatic rings. The maximum atomic E-state index is 12.0. The molecule has 0 aliphatic heterocycles. The molecule has 0 spiro atoms. The van der Waals surface area contributed by atoms with Crippen molar-refractivity contribution in [3.05, 3.63) is 30.4 Å². The van der Waals surface area contributed by atoms with Crippen LogP contribution in [-0.4, -0.2) is 37.1 Å². The Labute approximate surface area is 101 Å². The van der Waals surface area contributed by atoms with Crippen LogP contribution in [-0.2, 0) is 4.79 Å². The van der Waals surface area contributed by atoms with Crippen LogP contribution in [0.3, 0.4) is 0 Å². The Kier molecular flexibility index (Phi) is 2.09. The minimum absolute atomic E-state index is 0.329. The lowest BCUT2D eigenvalue weighted by Crippen LogP contribution is -2.43. The number of rotatable bonds is 3. The standard InChI is InChI=1S/C11H10N4O3/c16-9(14-11(1-2-11)10(17)18)7-5-13-15-4-3-12-6-8(7)15/h3-6H,1-2H2,(H,14,16)(H,17,18). The summed E-state index contributed by atoms with van der Waals surface area (Å²) < 4.78 is 1.52. The van der Waals surface area contributed by atoms with E-state index in [1.165, 1.54) is 16.9 Å². The largest absolute Gasteiger partial charge is 0.480 e. The van der Waals surface area contributed by atoms with E-state index in [9.17, 15) is 9.59 Å². The monoisotopic (exact) mass is 246 g/mol. The maximum Gasteiger partial charge on any atom is 0.329 e. The van der Waals surface area contributed by atoms with Gasteiger partial charge < -0.3 is 10.4 Å². The second-order valence-corrected chi connectivity index (χ2v) is 4.31. The SMILES string of the molecule is O=C(NC1(C(=O)O)CC1)c1cnn2ccncc12. The van der Waals surface area contributed by atoms with Gasteiger partial charge in [0.25, 0.3) is 5.91 Å². The van der Waals surface area contributed by atoms with Crippen LogP contribution >= 0.6 is 0 Å². The summed E-state index contributed by atoms with van der Waals surface area (Å²) in [6.45, 7) is 0. The van der Waals surface area contributed by atoms with Crippen molar-refractivity contribution in [3.63, 3.8) is 0 Å². The fourth-order valence-electron chi connectivity index (χ4n) is 1.81. The van der Waals surface area contributed by atoms with Crippen molar-refractivity contribution in [2.75, 3.05) is 0 Å². The molecule has 0 aromatic carbocycles. The number of hydrogen-bond acceptors (Lipinski definition) is 4. The van der Waals surface area contributed by atoms with Gasteiger partial charge >= 0.3 is 5.97 Å². The molecular formula is C11H10N4O3. The summed E-state index contributed by atoms with van der Waals surface area (Å²) in [6, 6.07) is 0. The molecular weight excluding hydrogens is 236 g/mol. The molecule has 7 nitrogen and oxygen atoms in total. The first-order valence-corrected chi connectivity index (χ1v) is 5.46. The van der Waals surface area contributed by atoms with Crippen LogP contribution in [0, 0.1) is 0 Å². The molecule has 1 saturated carbocycles. The number of carbonyl (C=O) groups is 2. The number of aromatic nitrogens is 3. The molecule has 1 fully saturated rings. The zero-order chi connectivity index (χ0) is 12.8. The molecule has 0 radical (unpaired) electrons. The van der Waals surface area contributed by atoms with E-state index >= 15 is 0 Å². The molecule has 2 heterocycles. The predicted molar refractivity (Wildman–Crippen MR) is 60.1 cm³/mol. The van der Waals surface area contributed by atoms with E-state index in [1.807, 2.05) is 0 Å². The minimum atomic E-state index is -1.09. The summed E-state index contributed by atoms with van der Waals surface area (Å²) >= 11 is 0. The highest BCUT2D eigenvalue weighted by molar-refractivity contribution is 6.03. The van der Waals surface area contributed by atoms with Gasteiger partial charge in [-0.25, -0.2) is 9.31 Å². The van der Waals surface area contributed by atoms with Crippen molar-refractivity contribution < 1.29 is 14.7 Å². The number of carboxylic acids is 1. The van der Waals surface area contributed by atoms with E-state index in [0.717, 1.165) is 0 Å². The van der Waals surface area contributed by atoms with Gasteiger partial charge in [0.15, 0.2) is 0 Å². The Bertz CT molecular complexity index is 645. The highest BCUT2D eigenvalue weighted by atomic mass is 16.4. The van der Waals surface area contributed by atoms with Crippen LogP contribution in [0.2, 0.25) is 0 Å². The average Bonchev–Trinajstić information content (AvgIpc) is 3.01. The van der Waals surface area contributed by atoms with Crippen molar-refractivity contribution in [2.45, 2.75) is 18.4 Å². The quantitative estimate of drug-likeness (QED) is 0.799. The van der Waals surface area contributed by atoms with Crippen LogP contribution in [0.5, 0.6) is 0 Å². The van der Waals surface area contributed by atoms with Gasteiger partial charge in [-0.3, -0.25) is 9.78 Å². The highest BCUT2D eigenvalue weighted by Crippen LogP contribution is 2.35. The normalized spacial score (nSPS) is 16.4. The van der Waals surface area contributed by atoms with E-state index in [4.69, 9.17) is 5.11 Å². The van der Waals surface area contributed by atoms with Crippen LogP contribution < -0.4 is 5.32 Å². The molecule has 0 bridgehead atoms. The Morgan fingerprint density at radius 1 is 1.39 bits per heavy atom. The second kappa shape index (κ2) is 3.52. The Balaban J connectivity index is 1.91. The van der Waals surface area contributed by atoms with Crippen molar-refractivity contribution >= 4 is 17.4 Å². The first-order chi connectivity index (χ1) is 8.62. The van der Waals surface area contributed by atoms with Crippen LogP contribution in [0.1, 0.15) is 23.2 Å². The van der Waals surface area contributed by atoms with E-state index in [2.05, 4.69) is 15.4 Å². The molecule has 2 N–H and O–H groups in total. The third-order valence-corrected chi connectivity index (χ3v) is 3.08. The molecule has 0 atom stereocenters. The summed E-state index contributed by atoms with van der Waals surface area (Å²) in [7, 11) is 0. The van der Waals surface area contributed by atoms with Crippen molar-refractivity contribution in [3.8, 4) is 0 Å². The molecule has 0 saturated heterocycles. The van der Waals surface area contributed by atoms with E-state index in [-0.39, 0.29) is 0 Å². The van der Waals surface area contributed by atoms with Crippen LogP contribution in [0.25, 0.3) is 5.52 Å². The van der Waals surface area contributed by atoms with Gasteiger partial charge in [-0.05, 0) is 12.8 Å². The first kappa shape index (κ1) is 10.7.